The number of aromatic nitrogens is 4. The van der Waals surface area contributed by atoms with Gasteiger partial charge in [-0.2, -0.15) is 10.4 Å². The van der Waals surface area contributed by atoms with E-state index < -0.39 is 0 Å². The molecule has 140 valence electrons. The Bertz CT molecular complexity index is 1010. The van der Waals surface area contributed by atoms with E-state index in [9.17, 15) is 5.26 Å². The molecule has 7 nitrogen and oxygen atoms in total. The van der Waals surface area contributed by atoms with Gasteiger partial charge in [0, 0.05) is 30.5 Å². The van der Waals surface area contributed by atoms with E-state index in [4.69, 9.17) is 0 Å². The highest BCUT2D eigenvalue weighted by Gasteiger charge is 2.19. The number of nitrogens with one attached hydrogen (secondary N) is 2. The third-order valence-corrected chi connectivity index (χ3v) is 5.18. The first-order chi connectivity index (χ1) is 13.8. The van der Waals surface area contributed by atoms with Crippen LogP contribution in [0, 0.1) is 11.3 Å². The Balaban J connectivity index is 1.46. The van der Waals surface area contributed by atoms with Crippen LogP contribution in [0.15, 0.2) is 70.7 Å². The fourth-order valence-electron chi connectivity index (χ4n) is 2.90. The van der Waals surface area contributed by atoms with Crippen molar-refractivity contribution in [3.8, 4) is 6.07 Å². The number of nitriles is 1. The molecule has 0 saturated heterocycles. The van der Waals surface area contributed by atoms with Crippen molar-refractivity contribution in [3.63, 3.8) is 0 Å². The number of anilines is 1. The molecule has 3 heterocycles. The van der Waals surface area contributed by atoms with Crippen LogP contribution in [0.3, 0.4) is 0 Å². The van der Waals surface area contributed by atoms with Gasteiger partial charge in [-0.05, 0) is 30.5 Å². The highest BCUT2D eigenvalue weighted by Crippen LogP contribution is 2.34. The van der Waals surface area contributed by atoms with Crippen LogP contribution in [0.5, 0.6) is 0 Å². The molecule has 0 aromatic carbocycles. The average molecular weight is 389 g/mol. The van der Waals surface area contributed by atoms with Crippen LogP contribution in [0.4, 0.5) is 5.95 Å². The van der Waals surface area contributed by atoms with E-state index in [2.05, 4.69) is 50.0 Å². The van der Waals surface area contributed by atoms with E-state index in [1.807, 2.05) is 22.4 Å². The van der Waals surface area contributed by atoms with Crippen LogP contribution in [0.1, 0.15) is 18.5 Å². The van der Waals surface area contributed by atoms with Crippen LogP contribution in [-0.2, 0) is 6.54 Å². The van der Waals surface area contributed by atoms with Crippen molar-refractivity contribution in [1.82, 2.24) is 25.1 Å². The number of allylic oxidation sites excluding steroid dienone is 4. The molecule has 0 atom stereocenters. The van der Waals surface area contributed by atoms with Crippen molar-refractivity contribution in [3.05, 3.63) is 76.4 Å². The summed E-state index contributed by atoms with van der Waals surface area (Å²) in [5.74, 6) is 0.493. The van der Waals surface area contributed by atoms with Crippen LogP contribution >= 0.6 is 11.8 Å². The van der Waals surface area contributed by atoms with E-state index in [0.29, 0.717) is 30.3 Å². The molecular weight excluding hydrogens is 370 g/mol. The zero-order valence-electron chi connectivity index (χ0n) is 15.2. The maximum absolute atomic E-state index is 9.72. The SMILES string of the molecule is N#C/C(=C1\NC(C2=CCCC=C2)=CS1)c1ccnc(NCCn2cccn2)n1. The number of nitrogens with zero attached hydrogens (tertiary/aromatic N) is 5. The molecule has 0 radical (unpaired) electrons. The summed E-state index contributed by atoms with van der Waals surface area (Å²) in [6.45, 7) is 1.35. The normalized spacial score (nSPS) is 17.4. The van der Waals surface area contributed by atoms with Gasteiger partial charge >= 0.3 is 0 Å². The standard InChI is InChI=1S/C20H19N7S/c21-13-16(19-25-18(14-28-19)15-5-2-1-3-6-15)17-7-9-22-20(26-17)23-10-12-27-11-4-8-24-27/h2,4-9,11,14,25H,1,3,10,12H2,(H,22,23,26)/b19-16-. The first-order valence-electron chi connectivity index (χ1n) is 9.03. The summed E-state index contributed by atoms with van der Waals surface area (Å²) in [6, 6.07) is 5.92. The van der Waals surface area contributed by atoms with Crippen LogP contribution < -0.4 is 10.6 Å². The maximum atomic E-state index is 9.72. The molecule has 2 aromatic heterocycles. The molecule has 0 spiro atoms. The van der Waals surface area contributed by atoms with E-state index in [-0.39, 0.29) is 0 Å². The quantitative estimate of drug-likeness (QED) is 0.731. The third kappa shape index (κ3) is 4.15. The second-order valence-electron chi connectivity index (χ2n) is 6.19. The van der Waals surface area contributed by atoms with Crippen molar-refractivity contribution in [2.75, 3.05) is 11.9 Å². The van der Waals surface area contributed by atoms with Gasteiger partial charge in [0.2, 0.25) is 5.95 Å². The zero-order chi connectivity index (χ0) is 19.2. The van der Waals surface area contributed by atoms with Gasteiger partial charge in [-0.25, -0.2) is 9.97 Å². The Morgan fingerprint density at radius 1 is 1.36 bits per heavy atom. The molecule has 0 amide bonds. The smallest absolute Gasteiger partial charge is 0.223 e. The molecule has 2 aromatic rings. The lowest BCUT2D eigenvalue weighted by molar-refractivity contribution is 0.636. The lowest BCUT2D eigenvalue weighted by Crippen LogP contribution is -2.13. The van der Waals surface area contributed by atoms with Gasteiger partial charge in [-0.1, -0.05) is 30.0 Å². The summed E-state index contributed by atoms with van der Waals surface area (Å²) in [7, 11) is 0. The van der Waals surface area contributed by atoms with Crippen LogP contribution in [0.25, 0.3) is 5.57 Å². The molecule has 4 rings (SSSR count). The monoisotopic (exact) mass is 389 g/mol. The fraction of sp³-hybridized carbons (Fsp3) is 0.200. The molecule has 1 aliphatic heterocycles. The van der Waals surface area contributed by atoms with Crippen molar-refractivity contribution in [1.29, 1.82) is 5.26 Å². The Kier molecular flexibility index (Phi) is 5.54. The lowest BCUT2D eigenvalue weighted by atomic mass is 10.1. The summed E-state index contributed by atoms with van der Waals surface area (Å²) >= 11 is 1.51. The van der Waals surface area contributed by atoms with Gasteiger partial charge in [-0.15, -0.1) is 0 Å². The average Bonchev–Trinajstić information content (AvgIpc) is 3.42. The summed E-state index contributed by atoms with van der Waals surface area (Å²) in [4.78, 5) is 8.76. The molecule has 2 N–H and O–H groups in total. The number of thioether (sulfide) groups is 1. The minimum Gasteiger partial charge on any atom is -0.352 e. The van der Waals surface area contributed by atoms with Crippen LogP contribution in [0.2, 0.25) is 0 Å². The molecule has 0 saturated carbocycles. The van der Waals surface area contributed by atoms with Crippen molar-refractivity contribution in [2.45, 2.75) is 19.4 Å². The minimum atomic E-state index is 0.493. The molecule has 0 unspecified atom stereocenters. The second-order valence-corrected chi connectivity index (χ2v) is 7.07. The molecule has 28 heavy (non-hydrogen) atoms. The molecule has 8 heteroatoms. The number of rotatable bonds is 6. The minimum absolute atomic E-state index is 0.493. The van der Waals surface area contributed by atoms with E-state index >= 15 is 0 Å². The molecular formula is C20H19N7S. The predicted molar refractivity (Wildman–Crippen MR) is 111 cm³/mol. The Hall–Kier alpha value is -3.31. The van der Waals surface area contributed by atoms with Crippen molar-refractivity contribution >= 4 is 23.3 Å². The Morgan fingerprint density at radius 2 is 2.32 bits per heavy atom. The summed E-state index contributed by atoms with van der Waals surface area (Å²) < 4.78 is 1.83. The lowest BCUT2D eigenvalue weighted by Gasteiger charge is -2.11. The van der Waals surface area contributed by atoms with Gasteiger partial charge < -0.3 is 10.6 Å². The summed E-state index contributed by atoms with van der Waals surface area (Å²) in [5.41, 5.74) is 3.29. The number of hydrogen-bond donors (Lipinski definition) is 2. The number of hydrogen-bond acceptors (Lipinski definition) is 7. The largest absolute Gasteiger partial charge is 0.352 e. The molecule has 2 aliphatic rings. The van der Waals surface area contributed by atoms with Gasteiger partial charge in [-0.3, -0.25) is 4.68 Å². The van der Waals surface area contributed by atoms with E-state index in [1.54, 1.807) is 18.5 Å². The zero-order valence-corrected chi connectivity index (χ0v) is 16.0. The van der Waals surface area contributed by atoms with Gasteiger partial charge in [0.15, 0.2) is 0 Å². The van der Waals surface area contributed by atoms with E-state index in [0.717, 1.165) is 29.1 Å². The maximum Gasteiger partial charge on any atom is 0.223 e. The predicted octanol–water partition coefficient (Wildman–Crippen LogP) is 3.43. The van der Waals surface area contributed by atoms with Gasteiger partial charge in [0.1, 0.15) is 11.6 Å². The van der Waals surface area contributed by atoms with Crippen molar-refractivity contribution in [2.24, 2.45) is 0 Å². The first kappa shape index (κ1) is 18.1. The fourth-order valence-corrected chi connectivity index (χ4v) is 3.76. The Morgan fingerprint density at radius 3 is 3.11 bits per heavy atom. The topological polar surface area (TPSA) is 91.5 Å². The molecule has 0 fully saturated rings. The highest BCUT2D eigenvalue weighted by molar-refractivity contribution is 8.06. The summed E-state index contributed by atoms with van der Waals surface area (Å²) in [5, 5.41) is 23.3. The molecule has 0 bridgehead atoms. The first-order valence-corrected chi connectivity index (χ1v) is 9.91. The van der Waals surface area contributed by atoms with Crippen molar-refractivity contribution < 1.29 is 0 Å². The molecule has 1 aliphatic carbocycles. The van der Waals surface area contributed by atoms with Gasteiger partial charge in [0.25, 0.3) is 0 Å². The van der Waals surface area contributed by atoms with Gasteiger partial charge in [0.05, 0.1) is 23.0 Å². The van der Waals surface area contributed by atoms with E-state index in [1.165, 1.54) is 11.8 Å². The van der Waals surface area contributed by atoms with Crippen LogP contribution in [-0.4, -0.2) is 26.3 Å². The second kappa shape index (κ2) is 8.59. The Labute approximate surface area is 167 Å². The highest BCUT2D eigenvalue weighted by atomic mass is 32.2. The third-order valence-electron chi connectivity index (χ3n) is 4.28. The summed E-state index contributed by atoms with van der Waals surface area (Å²) in [6.07, 6.45) is 13.9.